The van der Waals surface area contributed by atoms with E-state index in [-0.39, 0.29) is 23.1 Å². The summed E-state index contributed by atoms with van der Waals surface area (Å²) in [6.07, 6.45) is 8.46. The molecule has 32 heavy (non-hydrogen) atoms. The first-order valence-electron chi connectivity index (χ1n) is 12.5. The average Bonchev–Trinajstić information content (AvgIpc) is 3.35. The Hall–Kier alpha value is -2.37. The molecule has 1 aromatic carbocycles. The van der Waals surface area contributed by atoms with Crippen molar-refractivity contribution in [2.24, 2.45) is 11.8 Å². The van der Waals surface area contributed by atoms with Gasteiger partial charge in [0.05, 0.1) is 11.3 Å². The second-order valence-electron chi connectivity index (χ2n) is 10.4. The van der Waals surface area contributed by atoms with E-state index in [2.05, 4.69) is 22.3 Å². The van der Waals surface area contributed by atoms with Gasteiger partial charge in [0.1, 0.15) is 0 Å². The Balaban J connectivity index is 1.15. The Bertz CT molecular complexity index is 852. The number of benzene rings is 1. The number of rotatable bonds is 6. The Morgan fingerprint density at radius 2 is 1.69 bits per heavy atom. The number of likely N-dealkylation sites (tertiary alicyclic amines) is 2. The molecule has 4 fully saturated rings. The van der Waals surface area contributed by atoms with Crippen LogP contribution in [-0.4, -0.2) is 59.7 Å². The summed E-state index contributed by atoms with van der Waals surface area (Å²) < 4.78 is 0. The molecular weight excluding hydrogens is 402 g/mol. The molecule has 4 aliphatic rings. The minimum atomic E-state index is -0.346. The Morgan fingerprint density at radius 3 is 2.34 bits per heavy atom. The maximum absolute atomic E-state index is 13.7. The maximum atomic E-state index is 13.7. The average molecular weight is 438 g/mol. The zero-order chi connectivity index (χ0) is 22.1. The fraction of sp³-hybridized carbons (Fsp3) is 0.654. The predicted octanol–water partition coefficient (Wildman–Crippen LogP) is 2.86. The monoisotopic (exact) mass is 437 g/mol. The van der Waals surface area contributed by atoms with Crippen molar-refractivity contribution in [3.8, 4) is 0 Å². The second-order valence-corrected chi connectivity index (χ2v) is 10.4. The maximum Gasteiger partial charge on any atom is 0.233 e. The molecule has 172 valence electrons. The molecule has 0 spiro atoms. The van der Waals surface area contributed by atoms with E-state index in [0.717, 1.165) is 71.0 Å². The highest BCUT2D eigenvalue weighted by Crippen LogP contribution is 2.43. The van der Waals surface area contributed by atoms with E-state index in [1.54, 1.807) is 0 Å². The Labute approximate surface area is 190 Å². The SMILES string of the molecule is O=C(NC1CC1)C1CC(=O)N(CC2CCN(C(=O)C3(c4ccccc4)CCCC3)CC2)C1. The van der Waals surface area contributed by atoms with E-state index >= 15 is 0 Å². The Kier molecular flexibility index (Phi) is 5.95. The van der Waals surface area contributed by atoms with Crippen LogP contribution in [0, 0.1) is 11.8 Å². The standard InChI is InChI=1S/C26H35N3O3/c30-23-16-20(24(31)27-22-8-9-22)18-29(23)17-19-10-14-28(15-11-19)25(32)26(12-4-5-13-26)21-6-2-1-3-7-21/h1-3,6-7,19-20,22H,4-5,8-18H2,(H,27,31). The van der Waals surface area contributed by atoms with E-state index in [1.165, 1.54) is 5.56 Å². The normalized spacial score (nSPS) is 25.9. The van der Waals surface area contributed by atoms with Gasteiger partial charge in [0.25, 0.3) is 0 Å². The van der Waals surface area contributed by atoms with Crippen LogP contribution in [0.4, 0.5) is 0 Å². The molecule has 0 bridgehead atoms. The largest absolute Gasteiger partial charge is 0.353 e. The van der Waals surface area contributed by atoms with Crippen LogP contribution in [0.3, 0.4) is 0 Å². The number of hydrogen-bond acceptors (Lipinski definition) is 3. The molecule has 2 aliphatic heterocycles. The second kappa shape index (κ2) is 8.87. The molecule has 1 atom stereocenters. The van der Waals surface area contributed by atoms with Crippen LogP contribution in [0.2, 0.25) is 0 Å². The van der Waals surface area contributed by atoms with Crippen LogP contribution in [0.5, 0.6) is 0 Å². The third-order valence-corrected chi connectivity index (χ3v) is 8.08. The van der Waals surface area contributed by atoms with Crippen molar-refractivity contribution < 1.29 is 14.4 Å². The lowest BCUT2D eigenvalue weighted by Crippen LogP contribution is -2.49. The van der Waals surface area contributed by atoms with Crippen LogP contribution in [0.25, 0.3) is 0 Å². The number of carbonyl (C=O) groups is 3. The van der Waals surface area contributed by atoms with Gasteiger partial charge < -0.3 is 15.1 Å². The lowest BCUT2D eigenvalue weighted by Gasteiger charge is -2.39. The van der Waals surface area contributed by atoms with E-state index < -0.39 is 0 Å². The third kappa shape index (κ3) is 4.28. The quantitative estimate of drug-likeness (QED) is 0.744. The molecule has 6 nitrogen and oxygen atoms in total. The third-order valence-electron chi connectivity index (χ3n) is 8.08. The molecule has 2 heterocycles. The van der Waals surface area contributed by atoms with Gasteiger partial charge >= 0.3 is 0 Å². The summed E-state index contributed by atoms with van der Waals surface area (Å²) in [5, 5.41) is 3.04. The number of hydrogen-bond donors (Lipinski definition) is 1. The minimum absolute atomic E-state index is 0.0477. The molecule has 2 saturated carbocycles. The predicted molar refractivity (Wildman–Crippen MR) is 122 cm³/mol. The van der Waals surface area contributed by atoms with Crippen molar-refractivity contribution >= 4 is 17.7 Å². The lowest BCUT2D eigenvalue weighted by molar-refractivity contribution is -0.139. The highest BCUT2D eigenvalue weighted by Gasteiger charge is 2.45. The van der Waals surface area contributed by atoms with Gasteiger partial charge in [0.15, 0.2) is 0 Å². The van der Waals surface area contributed by atoms with Gasteiger partial charge in [-0.15, -0.1) is 0 Å². The summed E-state index contributed by atoms with van der Waals surface area (Å²) in [5.74, 6) is 0.663. The number of amides is 3. The molecule has 0 aromatic heterocycles. The molecule has 2 aliphatic carbocycles. The van der Waals surface area contributed by atoms with Crippen molar-refractivity contribution in [2.75, 3.05) is 26.2 Å². The highest BCUT2D eigenvalue weighted by atomic mass is 16.2. The van der Waals surface area contributed by atoms with Crippen molar-refractivity contribution in [1.29, 1.82) is 0 Å². The first-order valence-corrected chi connectivity index (χ1v) is 12.5. The first-order chi connectivity index (χ1) is 15.5. The van der Waals surface area contributed by atoms with E-state index in [9.17, 15) is 14.4 Å². The smallest absolute Gasteiger partial charge is 0.233 e. The summed E-state index contributed by atoms with van der Waals surface area (Å²) in [6, 6.07) is 10.7. The summed E-state index contributed by atoms with van der Waals surface area (Å²) in [7, 11) is 0. The van der Waals surface area contributed by atoms with E-state index in [4.69, 9.17) is 0 Å². The van der Waals surface area contributed by atoms with E-state index in [1.807, 2.05) is 23.1 Å². The van der Waals surface area contributed by atoms with Gasteiger partial charge in [-0.3, -0.25) is 14.4 Å². The summed E-state index contributed by atoms with van der Waals surface area (Å²) >= 11 is 0. The lowest BCUT2D eigenvalue weighted by atomic mass is 9.77. The number of nitrogens with one attached hydrogen (secondary N) is 1. The molecule has 1 N–H and O–H groups in total. The summed E-state index contributed by atoms with van der Waals surface area (Å²) in [5.41, 5.74) is 0.823. The van der Waals surface area contributed by atoms with Gasteiger partial charge in [-0.2, -0.15) is 0 Å². The minimum Gasteiger partial charge on any atom is -0.353 e. The van der Waals surface area contributed by atoms with Gasteiger partial charge in [-0.1, -0.05) is 43.2 Å². The van der Waals surface area contributed by atoms with Gasteiger partial charge in [0, 0.05) is 38.6 Å². The molecule has 3 amide bonds. The fourth-order valence-electron chi connectivity index (χ4n) is 5.97. The van der Waals surface area contributed by atoms with Gasteiger partial charge in [0.2, 0.25) is 17.7 Å². The number of piperidine rings is 1. The summed E-state index contributed by atoms with van der Waals surface area (Å²) in [6.45, 7) is 2.81. The molecule has 5 rings (SSSR count). The van der Waals surface area contributed by atoms with Crippen LogP contribution in [0.15, 0.2) is 30.3 Å². The molecular formula is C26H35N3O3. The van der Waals surface area contributed by atoms with Crippen molar-refractivity contribution in [3.05, 3.63) is 35.9 Å². The number of nitrogens with zero attached hydrogens (tertiary/aromatic N) is 2. The number of carbonyl (C=O) groups excluding carboxylic acids is 3. The van der Waals surface area contributed by atoms with Crippen LogP contribution >= 0.6 is 0 Å². The highest BCUT2D eigenvalue weighted by molar-refractivity contribution is 5.90. The molecule has 2 saturated heterocycles. The summed E-state index contributed by atoms with van der Waals surface area (Å²) in [4.78, 5) is 42.4. The van der Waals surface area contributed by atoms with Crippen LogP contribution in [0.1, 0.15) is 63.4 Å². The topological polar surface area (TPSA) is 69.7 Å². The van der Waals surface area contributed by atoms with Crippen molar-refractivity contribution in [1.82, 2.24) is 15.1 Å². The molecule has 6 heteroatoms. The van der Waals surface area contributed by atoms with E-state index in [0.29, 0.717) is 30.8 Å². The van der Waals surface area contributed by atoms with Crippen LogP contribution in [-0.2, 0) is 19.8 Å². The molecule has 0 radical (unpaired) electrons. The zero-order valence-corrected chi connectivity index (χ0v) is 18.9. The Morgan fingerprint density at radius 1 is 1.00 bits per heavy atom. The molecule has 1 aromatic rings. The zero-order valence-electron chi connectivity index (χ0n) is 18.9. The first kappa shape index (κ1) is 21.5. The van der Waals surface area contributed by atoms with Gasteiger partial charge in [-0.05, 0) is 50.0 Å². The molecule has 1 unspecified atom stereocenters. The fourth-order valence-corrected chi connectivity index (χ4v) is 5.97. The van der Waals surface area contributed by atoms with Crippen LogP contribution < -0.4 is 5.32 Å². The van der Waals surface area contributed by atoms with Crippen molar-refractivity contribution in [2.45, 2.75) is 69.2 Å². The van der Waals surface area contributed by atoms with Gasteiger partial charge in [-0.25, -0.2) is 0 Å². The van der Waals surface area contributed by atoms with Crippen molar-refractivity contribution in [3.63, 3.8) is 0 Å².